The highest BCUT2D eigenvalue weighted by atomic mass is 16.7. The Bertz CT molecular complexity index is 1110. The SMILES string of the molecule is CCCCCCCCCCCCCCCCCCCCCC/C=C/CC/C=C/C(O)C(COC1OC(CO)C(OC2OC(CO)C(O)C(O)C2O)C(O)C1O)NC(=O)CC. The van der Waals surface area contributed by atoms with Crippen molar-refractivity contribution in [2.24, 2.45) is 0 Å². The molecule has 1 amide bonds. The van der Waals surface area contributed by atoms with Gasteiger partial charge in [0.05, 0.1) is 32.0 Å². The Labute approximate surface area is 360 Å². The number of aliphatic hydroxyl groups is 8. The van der Waals surface area contributed by atoms with Crippen molar-refractivity contribution in [3.63, 3.8) is 0 Å². The van der Waals surface area contributed by atoms with E-state index in [1.807, 2.05) is 6.08 Å². The summed E-state index contributed by atoms with van der Waals surface area (Å²) in [5, 5.41) is 85.3. The molecule has 2 aliphatic rings. The van der Waals surface area contributed by atoms with Gasteiger partial charge in [0.1, 0.15) is 48.8 Å². The van der Waals surface area contributed by atoms with Crippen molar-refractivity contribution < 1.29 is 64.6 Å². The van der Waals surface area contributed by atoms with E-state index in [9.17, 15) is 45.6 Å². The molecule has 0 aromatic heterocycles. The largest absolute Gasteiger partial charge is 0.394 e. The topological polar surface area (TPSA) is 228 Å². The fraction of sp³-hybridized carbons (Fsp3) is 0.891. The highest BCUT2D eigenvalue weighted by Crippen LogP contribution is 2.30. The standard InChI is InChI=1S/C46H85NO13/c1-3-5-6-7-8-9-10-11-12-13-14-15-16-17-18-19-20-21-22-23-24-25-26-27-28-29-30-35(50)34(47-38(51)4-2)33-57-45-43(56)41(54)44(37(32-49)59-45)60-46-42(55)40(53)39(52)36(31-48)58-46/h25-26,29-30,34-37,39-46,48-50,52-56H,3-24,27-28,31-33H2,1-2H3,(H,47,51)/b26-25+,30-29+. The van der Waals surface area contributed by atoms with Crippen molar-refractivity contribution in [2.45, 2.75) is 242 Å². The van der Waals surface area contributed by atoms with E-state index in [0.717, 1.165) is 12.8 Å². The minimum Gasteiger partial charge on any atom is -0.394 e. The summed E-state index contributed by atoms with van der Waals surface area (Å²) in [5.74, 6) is -0.338. The third-order valence-corrected chi connectivity index (χ3v) is 11.7. The van der Waals surface area contributed by atoms with Crippen LogP contribution >= 0.6 is 0 Å². The molecule has 0 spiro atoms. The number of unbranched alkanes of at least 4 members (excludes halogenated alkanes) is 21. The third-order valence-electron chi connectivity index (χ3n) is 11.7. The molecule has 9 N–H and O–H groups in total. The van der Waals surface area contributed by atoms with Gasteiger partial charge in [0.15, 0.2) is 12.6 Å². The van der Waals surface area contributed by atoms with E-state index in [1.54, 1.807) is 13.0 Å². The molecule has 0 saturated carbocycles. The summed E-state index contributed by atoms with van der Waals surface area (Å²) in [7, 11) is 0. The zero-order valence-corrected chi connectivity index (χ0v) is 36.9. The van der Waals surface area contributed by atoms with Gasteiger partial charge in [0, 0.05) is 6.42 Å². The normalized spacial score (nSPS) is 28.4. The molecule has 2 fully saturated rings. The number of nitrogens with one attached hydrogen (secondary N) is 1. The second kappa shape index (κ2) is 34.0. The van der Waals surface area contributed by atoms with Gasteiger partial charge < -0.3 is 65.1 Å². The van der Waals surface area contributed by atoms with Gasteiger partial charge in [-0.2, -0.15) is 0 Å². The van der Waals surface area contributed by atoms with Crippen LogP contribution in [0.15, 0.2) is 24.3 Å². The zero-order chi connectivity index (χ0) is 44.0. The predicted molar refractivity (Wildman–Crippen MR) is 231 cm³/mol. The molecular formula is C46H85NO13. The number of carbonyl (C=O) groups excluding carboxylic acids is 1. The lowest BCUT2D eigenvalue weighted by Gasteiger charge is -2.46. The highest BCUT2D eigenvalue weighted by molar-refractivity contribution is 5.75. The summed E-state index contributed by atoms with van der Waals surface area (Å²) >= 11 is 0. The number of rotatable bonds is 35. The fourth-order valence-corrected chi connectivity index (χ4v) is 7.74. The Hall–Kier alpha value is -1.53. The van der Waals surface area contributed by atoms with Crippen molar-refractivity contribution in [2.75, 3.05) is 19.8 Å². The fourth-order valence-electron chi connectivity index (χ4n) is 7.74. The molecule has 12 atom stereocenters. The average Bonchev–Trinajstić information content (AvgIpc) is 3.25. The minimum atomic E-state index is -1.79. The molecule has 0 aromatic carbocycles. The first-order valence-electron chi connectivity index (χ1n) is 23.6. The summed E-state index contributed by atoms with van der Waals surface area (Å²) in [4.78, 5) is 12.3. The van der Waals surface area contributed by atoms with Crippen LogP contribution in [0.5, 0.6) is 0 Å². The van der Waals surface area contributed by atoms with Gasteiger partial charge in [-0.1, -0.05) is 160 Å². The first-order chi connectivity index (χ1) is 29.1. The summed E-state index contributed by atoms with van der Waals surface area (Å²) < 4.78 is 22.3. The molecule has 14 nitrogen and oxygen atoms in total. The van der Waals surface area contributed by atoms with E-state index in [-0.39, 0.29) is 18.9 Å². The van der Waals surface area contributed by atoms with E-state index in [0.29, 0.717) is 6.42 Å². The van der Waals surface area contributed by atoms with Gasteiger partial charge in [-0.25, -0.2) is 0 Å². The van der Waals surface area contributed by atoms with E-state index in [2.05, 4.69) is 24.4 Å². The Kier molecular flexibility index (Phi) is 30.9. The maximum Gasteiger partial charge on any atom is 0.220 e. The number of allylic oxidation sites excluding steroid dienone is 3. The molecule has 352 valence electrons. The maximum atomic E-state index is 12.3. The van der Waals surface area contributed by atoms with Gasteiger partial charge >= 0.3 is 0 Å². The Morgan fingerprint density at radius 2 is 1.05 bits per heavy atom. The number of amides is 1. The van der Waals surface area contributed by atoms with Crippen LogP contribution in [0.2, 0.25) is 0 Å². The number of hydrogen-bond acceptors (Lipinski definition) is 13. The average molecular weight is 860 g/mol. The lowest BCUT2D eigenvalue weighted by atomic mass is 9.97. The quantitative estimate of drug-likeness (QED) is 0.0303. The summed E-state index contributed by atoms with van der Waals surface area (Å²) in [6.45, 7) is 2.20. The van der Waals surface area contributed by atoms with Crippen molar-refractivity contribution in [1.29, 1.82) is 0 Å². The van der Waals surface area contributed by atoms with Crippen LogP contribution in [0.25, 0.3) is 0 Å². The first kappa shape index (κ1) is 54.6. The zero-order valence-electron chi connectivity index (χ0n) is 36.9. The molecular weight excluding hydrogens is 775 g/mol. The van der Waals surface area contributed by atoms with Crippen LogP contribution in [-0.2, 0) is 23.7 Å². The Morgan fingerprint density at radius 1 is 0.583 bits per heavy atom. The van der Waals surface area contributed by atoms with Gasteiger partial charge in [-0.15, -0.1) is 0 Å². The van der Waals surface area contributed by atoms with Crippen LogP contribution in [0.4, 0.5) is 0 Å². The minimum absolute atomic E-state index is 0.155. The van der Waals surface area contributed by atoms with Crippen molar-refractivity contribution >= 4 is 5.91 Å². The number of hydrogen-bond donors (Lipinski definition) is 9. The molecule has 2 rings (SSSR count). The van der Waals surface area contributed by atoms with Crippen molar-refractivity contribution in [1.82, 2.24) is 5.32 Å². The molecule has 60 heavy (non-hydrogen) atoms. The van der Waals surface area contributed by atoms with Gasteiger partial charge in [0.25, 0.3) is 0 Å². The molecule has 12 unspecified atom stereocenters. The lowest BCUT2D eigenvalue weighted by molar-refractivity contribution is -0.359. The molecule has 0 aromatic rings. The van der Waals surface area contributed by atoms with Gasteiger partial charge in [0.2, 0.25) is 5.91 Å². The summed E-state index contributed by atoms with van der Waals surface area (Å²) in [6.07, 6.45) is 20.9. The molecule has 2 heterocycles. The molecule has 2 saturated heterocycles. The van der Waals surface area contributed by atoms with Crippen LogP contribution in [0.1, 0.15) is 168 Å². The number of aliphatic hydroxyl groups excluding tert-OH is 8. The molecule has 0 aliphatic carbocycles. The van der Waals surface area contributed by atoms with Crippen molar-refractivity contribution in [3.05, 3.63) is 24.3 Å². The highest BCUT2D eigenvalue weighted by Gasteiger charge is 2.50. The van der Waals surface area contributed by atoms with E-state index < -0.39 is 86.8 Å². The van der Waals surface area contributed by atoms with Gasteiger partial charge in [-0.3, -0.25) is 4.79 Å². The Morgan fingerprint density at radius 3 is 1.57 bits per heavy atom. The number of ether oxygens (including phenoxy) is 4. The van der Waals surface area contributed by atoms with Crippen LogP contribution < -0.4 is 5.32 Å². The summed E-state index contributed by atoms with van der Waals surface area (Å²) in [6, 6.07) is -0.924. The second-order valence-corrected chi connectivity index (χ2v) is 16.8. The van der Waals surface area contributed by atoms with E-state index >= 15 is 0 Å². The number of carbonyl (C=O) groups is 1. The second-order valence-electron chi connectivity index (χ2n) is 16.8. The lowest BCUT2D eigenvalue weighted by Crippen LogP contribution is -2.65. The maximum absolute atomic E-state index is 12.3. The van der Waals surface area contributed by atoms with Crippen LogP contribution in [0, 0.1) is 0 Å². The van der Waals surface area contributed by atoms with Crippen molar-refractivity contribution in [3.8, 4) is 0 Å². The van der Waals surface area contributed by atoms with Gasteiger partial charge in [-0.05, 0) is 25.7 Å². The first-order valence-corrected chi connectivity index (χ1v) is 23.6. The Balaban J connectivity index is 1.60. The monoisotopic (exact) mass is 860 g/mol. The smallest absolute Gasteiger partial charge is 0.220 e. The van der Waals surface area contributed by atoms with E-state index in [4.69, 9.17) is 18.9 Å². The predicted octanol–water partition coefficient (Wildman–Crippen LogP) is 4.99. The third kappa shape index (κ3) is 21.7. The van der Waals surface area contributed by atoms with Crippen LogP contribution in [0.3, 0.4) is 0 Å². The molecule has 0 radical (unpaired) electrons. The molecule has 14 heteroatoms. The molecule has 0 bridgehead atoms. The van der Waals surface area contributed by atoms with Crippen LogP contribution in [-0.4, -0.2) is 140 Å². The summed E-state index contributed by atoms with van der Waals surface area (Å²) in [5.41, 5.74) is 0. The van der Waals surface area contributed by atoms with E-state index in [1.165, 1.54) is 128 Å². The molecule has 2 aliphatic heterocycles.